The molecule has 0 amide bonds. The Hall–Kier alpha value is -5.46. The van der Waals surface area contributed by atoms with Gasteiger partial charge in [-0.2, -0.15) is 0 Å². The molecule has 204 valence electrons. The van der Waals surface area contributed by atoms with Crippen LogP contribution in [0.1, 0.15) is 11.1 Å². The monoisotopic (exact) mass is 548 g/mol. The molecule has 0 aromatic heterocycles. The Bertz CT molecular complexity index is 1830. The molecule has 0 bridgehead atoms. The zero-order valence-corrected chi connectivity index (χ0v) is 24.0. The average molecular weight is 549 g/mol. The molecular formula is C43H32. The van der Waals surface area contributed by atoms with Crippen LogP contribution in [-0.4, -0.2) is 0 Å². The molecular weight excluding hydrogens is 516 g/mol. The summed E-state index contributed by atoms with van der Waals surface area (Å²) in [4.78, 5) is 0. The first-order valence-electron chi connectivity index (χ1n) is 14.8. The first-order valence-corrected chi connectivity index (χ1v) is 14.8. The summed E-state index contributed by atoms with van der Waals surface area (Å²) in [6, 6.07) is 56.5. The van der Waals surface area contributed by atoms with Gasteiger partial charge in [-0.3, -0.25) is 0 Å². The van der Waals surface area contributed by atoms with Crippen molar-refractivity contribution in [2.45, 2.75) is 0 Å². The lowest BCUT2D eigenvalue weighted by Gasteiger charge is -2.15. The molecule has 0 heterocycles. The van der Waals surface area contributed by atoms with Crippen molar-refractivity contribution in [3.05, 3.63) is 194 Å². The average Bonchev–Trinajstić information content (AvgIpc) is 3.54. The number of hydrogen-bond donors (Lipinski definition) is 0. The lowest BCUT2D eigenvalue weighted by molar-refractivity contribution is 1.12. The smallest absolute Gasteiger partial charge is 0.0211 e. The lowest BCUT2D eigenvalue weighted by atomic mass is 9.89. The predicted octanol–water partition coefficient (Wildman–Crippen LogP) is 11.6. The Morgan fingerprint density at radius 1 is 0.372 bits per heavy atom. The predicted molar refractivity (Wildman–Crippen MR) is 184 cm³/mol. The summed E-state index contributed by atoms with van der Waals surface area (Å²) < 4.78 is 0. The first kappa shape index (κ1) is 26.4. The van der Waals surface area contributed by atoms with Crippen molar-refractivity contribution < 1.29 is 0 Å². The number of rotatable bonds is 7. The van der Waals surface area contributed by atoms with Gasteiger partial charge in [-0.1, -0.05) is 133 Å². The van der Waals surface area contributed by atoms with Crippen molar-refractivity contribution in [3.63, 3.8) is 0 Å². The van der Waals surface area contributed by atoms with Gasteiger partial charge in [0.2, 0.25) is 0 Å². The van der Waals surface area contributed by atoms with Crippen molar-refractivity contribution in [1.29, 1.82) is 0 Å². The molecule has 0 aliphatic heterocycles. The highest BCUT2D eigenvalue weighted by atomic mass is 14.2. The second-order valence-electron chi connectivity index (χ2n) is 11.0. The van der Waals surface area contributed by atoms with Crippen LogP contribution in [0.2, 0.25) is 0 Å². The molecule has 0 saturated carbocycles. The van der Waals surface area contributed by atoms with E-state index in [1.165, 1.54) is 66.8 Å². The number of allylic oxidation sites excluding steroid dienone is 5. The van der Waals surface area contributed by atoms with Crippen LogP contribution in [0.15, 0.2) is 183 Å². The number of benzene rings is 6. The Morgan fingerprint density at radius 2 is 0.698 bits per heavy atom. The largest absolute Gasteiger partial charge is 0.102 e. The van der Waals surface area contributed by atoms with Crippen molar-refractivity contribution in [3.8, 4) is 44.5 Å². The molecule has 6 aromatic rings. The molecule has 0 N–H and O–H groups in total. The maximum Gasteiger partial charge on any atom is 0.0211 e. The minimum absolute atomic E-state index is 0.116. The van der Waals surface area contributed by atoms with Gasteiger partial charge in [0.15, 0.2) is 0 Å². The fraction of sp³-hybridized carbons (Fsp3) is 0.0233. The Kier molecular flexibility index (Phi) is 7.26. The van der Waals surface area contributed by atoms with Gasteiger partial charge in [0, 0.05) is 5.92 Å². The maximum absolute atomic E-state index is 4.25. The molecule has 1 unspecified atom stereocenters. The van der Waals surface area contributed by atoms with E-state index in [-0.39, 0.29) is 5.92 Å². The van der Waals surface area contributed by atoms with Gasteiger partial charge in [-0.15, -0.1) is 6.58 Å². The van der Waals surface area contributed by atoms with Gasteiger partial charge in [-0.25, -0.2) is 0 Å². The van der Waals surface area contributed by atoms with E-state index in [9.17, 15) is 0 Å². The van der Waals surface area contributed by atoms with E-state index in [0.29, 0.717) is 0 Å². The quantitative estimate of drug-likeness (QED) is 0.174. The zero-order chi connectivity index (χ0) is 29.0. The Morgan fingerprint density at radius 3 is 1.05 bits per heavy atom. The lowest BCUT2D eigenvalue weighted by Crippen LogP contribution is -1.95. The highest BCUT2D eigenvalue weighted by Gasteiger charge is 2.21. The topological polar surface area (TPSA) is 0 Å². The molecule has 0 fully saturated rings. The third-order valence-electron chi connectivity index (χ3n) is 8.24. The van der Waals surface area contributed by atoms with Gasteiger partial charge in [0.1, 0.15) is 0 Å². The summed E-state index contributed by atoms with van der Waals surface area (Å²) in [5.41, 5.74) is 14.6. The molecule has 6 aromatic carbocycles. The van der Waals surface area contributed by atoms with Crippen molar-refractivity contribution >= 4 is 11.1 Å². The van der Waals surface area contributed by atoms with Crippen LogP contribution in [-0.2, 0) is 0 Å². The molecule has 7 rings (SSSR count). The van der Waals surface area contributed by atoms with Crippen LogP contribution in [0.4, 0.5) is 0 Å². The Balaban J connectivity index is 1.37. The SMILES string of the molecule is C=CC1C=C(c2cc(-c3ccccc3)cc(-c3ccccc3)c2)C=C1c1cc(-c2ccccc2)cc(-c2ccccc2)c1. The van der Waals surface area contributed by atoms with Crippen LogP contribution >= 0.6 is 0 Å². The highest BCUT2D eigenvalue weighted by molar-refractivity contribution is 5.95. The standard InChI is InChI=1S/C43H32/c1-2-31-23-41(40-26-36(32-15-7-3-8-16-32)24-37(27-40)33-17-9-4-10-18-33)30-43(31)42-28-38(34-19-11-5-12-20-34)25-39(29-42)35-21-13-6-14-22-35/h2-31H,1H2. The highest BCUT2D eigenvalue weighted by Crippen LogP contribution is 2.42. The van der Waals surface area contributed by atoms with Crippen LogP contribution in [0.5, 0.6) is 0 Å². The van der Waals surface area contributed by atoms with E-state index < -0.39 is 0 Å². The molecule has 0 saturated heterocycles. The van der Waals surface area contributed by atoms with Crippen LogP contribution in [0.25, 0.3) is 55.7 Å². The summed E-state index contributed by atoms with van der Waals surface area (Å²) in [7, 11) is 0. The van der Waals surface area contributed by atoms with Crippen LogP contribution < -0.4 is 0 Å². The van der Waals surface area contributed by atoms with Gasteiger partial charge in [0.25, 0.3) is 0 Å². The van der Waals surface area contributed by atoms with Crippen LogP contribution in [0.3, 0.4) is 0 Å². The maximum atomic E-state index is 4.25. The minimum atomic E-state index is 0.116. The van der Waals surface area contributed by atoms with Crippen LogP contribution in [0, 0.1) is 5.92 Å². The van der Waals surface area contributed by atoms with E-state index in [1.807, 2.05) is 0 Å². The van der Waals surface area contributed by atoms with Gasteiger partial charge >= 0.3 is 0 Å². The fourth-order valence-electron chi connectivity index (χ4n) is 6.02. The third-order valence-corrected chi connectivity index (χ3v) is 8.24. The van der Waals surface area contributed by atoms with E-state index in [1.54, 1.807) is 0 Å². The molecule has 0 spiro atoms. The molecule has 0 heteroatoms. The van der Waals surface area contributed by atoms with Gasteiger partial charge < -0.3 is 0 Å². The van der Waals surface area contributed by atoms with Crippen molar-refractivity contribution in [1.82, 2.24) is 0 Å². The van der Waals surface area contributed by atoms with Crippen molar-refractivity contribution in [2.24, 2.45) is 5.92 Å². The van der Waals surface area contributed by atoms with Crippen molar-refractivity contribution in [2.75, 3.05) is 0 Å². The molecule has 1 atom stereocenters. The second-order valence-corrected chi connectivity index (χ2v) is 11.0. The summed E-state index contributed by atoms with van der Waals surface area (Å²) in [6.07, 6.45) is 6.79. The summed E-state index contributed by atoms with van der Waals surface area (Å²) in [6.45, 7) is 4.25. The summed E-state index contributed by atoms with van der Waals surface area (Å²) in [5, 5.41) is 0. The normalized spacial score (nSPS) is 14.2. The Labute approximate surface area is 254 Å². The summed E-state index contributed by atoms with van der Waals surface area (Å²) in [5.74, 6) is 0.116. The van der Waals surface area contributed by atoms with Gasteiger partial charge in [-0.05, 0) is 109 Å². The first-order chi connectivity index (χ1) is 21.2. The zero-order valence-electron chi connectivity index (χ0n) is 24.0. The minimum Gasteiger partial charge on any atom is -0.102 e. The van der Waals surface area contributed by atoms with E-state index in [0.717, 1.165) is 0 Å². The molecule has 43 heavy (non-hydrogen) atoms. The van der Waals surface area contributed by atoms with E-state index in [2.05, 4.69) is 183 Å². The number of hydrogen-bond acceptors (Lipinski definition) is 0. The third kappa shape index (κ3) is 5.56. The molecule has 0 nitrogen and oxygen atoms in total. The van der Waals surface area contributed by atoms with E-state index >= 15 is 0 Å². The van der Waals surface area contributed by atoms with E-state index in [4.69, 9.17) is 0 Å². The molecule has 0 radical (unpaired) electrons. The summed E-state index contributed by atoms with van der Waals surface area (Å²) >= 11 is 0. The molecule has 1 aliphatic rings. The second kappa shape index (κ2) is 11.8. The fourth-order valence-corrected chi connectivity index (χ4v) is 6.02. The molecule has 1 aliphatic carbocycles. The van der Waals surface area contributed by atoms with Gasteiger partial charge in [0.05, 0.1) is 0 Å².